The van der Waals surface area contributed by atoms with Crippen LogP contribution in [-0.2, 0) is 0 Å². The zero-order valence-electron chi connectivity index (χ0n) is 4.01. The maximum atomic E-state index is 3.93. The first-order valence-electron chi connectivity index (χ1n) is 2.00. The van der Waals surface area contributed by atoms with Crippen LogP contribution in [0.25, 0.3) is 0 Å². The SMILES string of the molecule is CC1=NC=CSN1. The summed E-state index contributed by atoms with van der Waals surface area (Å²) in [6, 6.07) is 0. The second-order valence-corrected chi connectivity index (χ2v) is 1.93. The van der Waals surface area contributed by atoms with Crippen molar-refractivity contribution in [1.82, 2.24) is 4.72 Å². The van der Waals surface area contributed by atoms with Gasteiger partial charge < -0.3 is 4.72 Å². The van der Waals surface area contributed by atoms with Crippen LogP contribution in [-0.4, -0.2) is 5.84 Å². The maximum absolute atomic E-state index is 3.93. The summed E-state index contributed by atoms with van der Waals surface area (Å²) in [6.07, 6.45) is 1.77. The Bertz CT molecular complexity index is 117. The van der Waals surface area contributed by atoms with Gasteiger partial charge in [0.2, 0.25) is 0 Å². The van der Waals surface area contributed by atoms with E-state index in [9.17, 15) is 0 Å². The fourth-order valence-corrected chi connectivity index (χ4v) is 0.731. The summed E-state index contributed by atoms with van der Waals surface area (Å²) in [7, 11) is 0. The molecule has 7 heavy (non-hydrogen) atoms. The molecule has 0 bridgehead atoms. The molecule has 0 unspecified atom stereocenters. The lowest BCUT2D eigenvalue weighted by Crippen LogP contribution is -2.11. The summed E-state index contributed by atoms with van der Waals surface area (Å²) in [5, 5.41) is 1.90. The zero-order valence-corrected chi connectivity index (χ0v) is 4.83. The molecule has 0 aliphatic carbocycles. The van der Waals surface area contributed by atoms with Crippen molar-refractivity contribution < 1.29 is 0 Å². The lowest BCUT2D eigenvalue weighted by atomic mass is 10.7. The minimum Gasteiger partial charge on any atom is -0.314 e. The Labute approximate surface area is 46.8 Å². The molecular weight excluding hydrogens is 108 g/mol. The van der Waals surface area contributed by atoms with Crippen LogP contribution in [0.1, 0.15) is 6.92 Å². The molecule has 0 atom stereocenters. The second kappa shape index (κ2) is 2.02. The van der Waals surface area contributed by atoms with Crippen molar-refractivity contribution in [3.8, 4) is 0 Å². The number of hydrogen-bond donors (Lipinski definition) is 1. The van der Waals surface area contributed by atoms with Crippen LogP contribution in [0.4, 0.5) is 0 Å². The van der Waals surface area contributed by atoms with E-state index >= 15 is 0 Å². The molecule has 1 aliphatic rings. The molecule has 0 amide bonds. The van der Waals surface area contributed by atoms with Crippen molar-refractivity contribution in [1.29, 1.82) is 0 Å². The smallest absolute Gasteiger partial charge is 0.108 e. The highest BCUT2D eigenvalue weighted by Gasteiger charge is 1.87. The summed E-state index contributed by atoms with van der Waals surface area (Å²) in [5.41, 5.74) is 0. The van der Waals surface area contributed by atoms with Gasteiger partial charge in [0, 0.05) is 11.6 Å². The molecule has 38 valence electrons. The molecule has 2 nitrogen and oxygen atoms in total. The quantitative estimate of drug-likeness (QED) is 0.477. The molecule has 0 aromatic heterocycles. The van der Waals surface area contributed by atoms with Gasteiger partial charge in [0.25, 0.3) is 0 Å². The predicted molar refractivity (Wildman–Crippen MR) is 33.0 cm³/mol. The molecule has 1 heterocycles. The minimum absolute atomic E-state index is 0.965. The third-order valence-corrected chi connectivity index (χ3v) is 1.27. The van der Waals surface area contributed by atoms with Crippen molar-refractivity contribution >= 4 is 17.8 Å². The van der Waals surface area contributed by atoms with Gasteiger partial charge in [-0.3, -0.25) is 0 Å². The van der Waals surface area contributed by atoms with Crippen molar-refractivity contribution in [3.05, 3.63) is 11.6 Å². The molecule has 0 aromatic rings. The van der Waals surface area contributed by atoms with Gasteiger partial charge >= 0.3 is 0 Å². The van der Waals surface area contributed by atoms with E-state index in [1.54, 1.807) is 18.1 Å². The van der Waals surface area contributed by atoms with Gasteiger partial charge in [0.1, 0.15) is 5.84 Å². The van der Waals surface area contributed by atoms with Crippen LogP contribution >= 0.6 is 11.9 Å². The molecule has 0 spiro atoms. The number of amidine groups is 1. The number of nitrogens with one attached hydrogen (secondary N) is 1. The van der Waals surface area contributed by atoms with Crippen LogP contribution in [0.3, 0.4) is 0 Å². The van der Waals surface area contributed by atoms with Gasteiger partial charge in [-0.15, -0.1) is 0 Å². The number of aliphatic imine (C=N–C) groups is 1. The highest BCUT2D eigenvalue weighted by molar-refractivity contribution is 8.00. The standard InChI is InChI=1S/C4H6N2S/c1-4-5-2-3-7-6-4/h2-3H,1H3,(H,5,6). The molecule has 0 aromatic carbocycles. The minimum atomic E-state index is 0.965. The first kappa shape index (κ1) is 4.71. The van der Waals surface area contributed by atoms with Gasteiger partial charge in [-0.2, -0.15) is 0 Å². The van der Waals surface area contributed by atoms with Crippen LogP contribution in [0.5, 0.6) is 0 Å². The van der Waals surface area contributed by atoms with E-state index < -0.39 is 0 Å². The summed E-state index contributed by atoms with van der Waals surface area (Å²) in [5.74, 6) is 0.965. The lowest BCUT2D eigenvalue weighted by molar-refractivity contribution is 1.38. The average Bonchev–Trinajstić information content (AvgIpc) is 1.69. The lowest BCUT2D eigenvalue weighted by Gasteiger charge is -2.01. The Morgan fingerprint density at radius 1 is 1.86 bits per heavy atom. The van der Waals surface area contributed by atoms with E-state index in [2.05, 4.69) is 9.71 Å². The van der Waals surface area contributed by atoms with Gasteiger partial charge in [0.15, 0.2) is 0 Å². The highest BCUT2D eigenvalue weighted by atomic mass is 32.2. The average molecular weight is 114 g/mol. The van der Waals surface area contributed by atoms with Gasteiger partial charge in [0.05, 0.1) is 0 Å². The molecule has 0 fully saturated rings. The summed E-state index contributed by atoms with van der Waals surface area (Å²) in [4.78, 5) is 3.93. The largest absolute Gasteiger partial charge is 0.314 e. The molecule has 1 N–H and O–H groups in total. The van der Waals surface area contributed by atoms with E-state index in [4.69, 9.17) is 0 Å². The third-order valence-electron chi connectivity index (χ3n) is 0.604. The Morgan fingerprint density at radius 2 is 2.71 bits per heavy atom. The van der Waals surface area contributed by atoms with E-state index in [-0.39, 0.29) is 0 Å². The third kappa shape index (κ3) is 1.23. The summed E-state index contributed by atoms with van der Waals surface area (Å²) in [6.45, 7) is 1.93. The van der Waals surface area contributed by atoms with Crippen LogP contribution in [0, 0.1) is 0 Å². The van der Waals surface area contributed by atoms with Gasteiger partial charge in [-0.25, -0.2) is 4.99 Å². The number of nitrogens with zero attached hydrogens (tertiary/aromatic N) is 1. The Balaban J connectivity index is 2.57. The van der Waals surface area contributed by atoms with Crippen molar-refractivity contribution in [2.24, 2.45) is 4.99 Å². The molecular formula is C4H6N2S. The van der Waals surface area contributed by atoms with E-state index in [1.807, 2.05) is 12.3 Å². The summed E-state index contributed by atoms with van der Waals surface area (Å²) < 4.78 is 2.96. The zero-order chi connectivity index (χ0) is 5.11. The molecule has 1 rings (SSSR count). The molecule has 1 aliphatic heterocycles. The Kier molecular flexibility index (Phi) is 1.36. The van der Waals surface area contributed by atoms with Crippen LogP contribution < -0.4 is 4.72 Å². The monoisotopic (exact) mass is 114 g/mol. The highest BCUT2D eigenvalue weighted by Crippen LogP contribution is 2.00. The molecule has 3 heteroatoms. The molecule has 0 radical (unpaired) electrons. The first-order chi connectivity index (χ1) is 3.39. The maximum Gasteiger partial charge on any atom is 0.108 e. The Hall–Kier alpha value is -0.440. The Morgan fingerprint density at radius 3 is 3.00 bits per heavy atom. The first-order valence-corrected chi connectivity index (χ1v) is 2.88. The topological polar surface area (TPSA) is 24.4 Å². The van der Waals surface area contributed by atoms with E-state index in [1.165, 1.54) is 0 Å². The predicted octanol–water partition coefficient (Wildman–Crippen LogP) is 1.13. The number of hydrogen-bond acceptors (Lipinski definition) is 3. The van der Waals surface area contributed by atoms with Gasteiger partial charge in [-0.05, 0) is 18.9 Å². The van der Waals surface area contributed by atoms with Crippen molar-refractivity contribution in [3.63, 3.8) is 0 Å². The fraction of sp³-hybridized carbons (Fsp3) is 0.250. The fourth-order valence-electron chi connectivity index (χ4n) is 0.318. The second-order valence-electron chi connectivity index (χ2n) is 1.22. The normalized spacial score (nSPS) is 18.1. The van der Waals surface area contributed by atoms with Crippen LogP contribution in [0.15, 0.2) is 16.6 Å². The molecule has 0 saturated carbocycles. The van der Waals surface area contributed by atoms with Gasteiger partial charge in [-0.1, -0.05) is 0 Å². The van der Waals surface area contributed by atoms with Crippen molar-refractivity contribution in [2.75, 3.05) is 0 Å². The van der Waals surface area contributed by atoms with Crippen molar-refractivity contribution in [2.45, 2.75) is 6.92 Å². The van der Waals surface area contributed by atoms with E-state index in [0.717, 1.165) is 5.84 Å². The van der Waals surface area contributed by atoms with E-state index in [0.29, 0.717) is 0 Å². The number of rotatable bonds is 0. The van der Waals surface area contributed by atoms with Crippen LogP contribution in [0.2, 0.25) is 0 Å². The summed E-state index contributed by atoms with van der Waals surface area (Å²) >= 11 is 1.54. The molecule has 0 saturated heterocycles.